The molecule has 1 saturated heterocycles. The number of benzene rings is 1. The Kier molecular flexibility index (Phi) is 4.64. The molecule has 24 heavy (non-hydrogen) atoms. The summed E-state index contributed by atoms with van der Waals surface area (Å²) < 4.78 is 38.4. The number of aliphatic hydroxyl groups is 1. The molecule has 2 atom stereocenters. The Morgan fingerprint density at radius 3 is 2.75 bits per heavy atom. The number of nitrogens with one attached hydrogen (secondary N) is 1. The summed E-state index contributed by atoms with van der Waals surface area (Å²) in [6, 6.07) is 7.31. The molecule has 0 spiro atoms. The maximum Gasteiger partial charge on any atom is 0.416 e. The first-order valence-electron chi connectivity index (χ1n) is 7.88. The lowest BCUT2D eigenvalue weighted by Gasteiger charge is -2.16. The van der Waals surface area contributed by atoms with Gasteiger partial charge in [0.1, 0.15) is 0 Å². The van der Waals surface area contributed by atoms with E-state index in [2.05, 4.69) is 10.2 Å². The van der Waals surface area contributed by atoms with Crippen molar-refractivity contribution in [2.24, 2.45) is 5.92 Å². The molecule has 2 N–H and O–H groups in total. The van der Waals surface area contributed by atoms with Crippen molar-refractivity contribution in [1.82, 2.24) is 15.1 Å². The van der Waals surface area contributed by atoms with Crippen LogP contribution in [0.25, 0.3) is 0 Å². The number of aliphatic hydroxyl groups excluding tert-OH is 1. The van der Waals surface area contributed by atoms with Crippen LogP contribution in [0.4, 0.5) is 13.2 Å². The van der Waals surface area contributed by atoms with Crippen LogP contribution in [-0.2, 0) is 19.1 Å². The van der Waals surface area contributed by atoms with Crippen molar-refractivity contribution in [3.05, 3.63) is 52.8 Å². The van der Waals surface area contributed by atoms with Gasteiger partial charge < -0.3 is 5.11 Å². The SMILES string of the molecule is Cc1cc(C[C@@H]2CN(Cc3cccc(C(F)(F)F)c3)C[C@H]2O)n[nH]1. The number of halogens is 3. The molecule has 1 aromatic heterocycles. The van der Waals surface area contributed by atoms with E-state index < -0.39 is 17.8 Å². The lowest BCUT2D eigenvalue weighted by Crippen LogP contribution is -2.21. The van der Waals surface area contributed by atoms with Gasteiger partial charge in [-0.25, -0.2) is 0 Å². The molecule has 2 heterocycles. The number of aromatic nitrogens is 2. The van der Waals surface area contributed by atoms with Crippen molar-refractivity contribution in [2.45, 2.75) is 32.2 Å². The maximum atomic E-state index is 12.8. The van der Waals surface area contributed by atoms with Crippen LogP contribution < -0.4 is 0 Å². The molecule has 0 radical (unpaired) electrons. The zero-order valence-electron chi connectivity index (χ0n) is 13.3. The van der Waals surface area contributed by atoms with E-state index in [-0.39, 0.29) is 5.92 Å². The van der Waals surface area contributed by atoms with Crippen molar-refractivity contribution in [3.8, 4) is 0 Å². The molecule has 0 bridgehead atoms. The van der Waals surface area contributed by atoms with Crippen LogP contribution in [0.2, 0.25) is 0 Å². The first-order chi connectivity index (χ1) is 11.3. The molecule has 1 aliphatic heterocycles. The summed E-state index contributed by atoms with van der Waals surface area (Å²) in [6.45, 7) is 3.42. The van der Waals surface area contributed by atoms with Crippen molar-refractivity contribution in [2.75, 3.05) is 13.1 Å². The Labute approximate surface area is 138 Å². The van der Waals surface area contributed by atoms with Crippen LogP contribution in [0, 0.1) is 12.8 Å². The summed E-state index contributed by atoms with van der Waals surface area (Å²) >= 11 is 0. The average molecular weight is 339 g/mol. The molecular weight excluding hydrogens is 319 g/mol. The number of likely N-dealkylation sites (tertiary alicyclic amines) is 1. The number of hydrogen-bond donors (Lipinski definition) is 2. The Morgan fingerprint density at radius 1 is 1.29 bits per heavy atom. The molecule has 130 valence electrons. The minimum Gasteiger partial charge on any atom is -0.391 e. The highest BCUT2D eigenvalue weighted by atomic mass is 19.4. The second kappa shape index (κ2) is 6.57. The molecule has 0 unspecified atom stereocenters. The summed E-state index contributed by atoms with van der Waals surface area (Å²) in [5.74, 6) is 0.0403. The number of nitrogens with zero attached hydrogens (tertiary/aromatic N) is 2. The van der Waals surface area contributed by atoms with Gasteiger partial charge in [0.25, 0.3) is 0 Å². The molecule has 1 aromatic carbocycles. The van der Waals surface area contributed by atoms with Crippen LogP contribution in [0.5, 0.6) is 0 Å². The number of aromatic amines is 1. The number of alkyl halides is 3. The highest BCUT2D eigenvalue weighted by Crippen LogP contribution is 2.30. The van der Waals surface area contributed by atoms with E-state index in [1.54, 1.807) is 6.07 Å². The van der Waals surface area contributed by atoms with E-state index >= 15 is 0 Å². The van der Waals surface area contributed by atoms with E-state index in [9.17, 15) is 18.3 Å². The van der Waals surface area contributed by atoms with Gasteiger partial charge in [0, 0.05) is 31.2 Å². The minimum absolute atomic E-state index is 0.0403. The predicted molar refractivity (Wildman–Crippen MR) is 83.2 cm³/mol. The predicted octanol–water partition coefficient (Wildman–Crippen LogP) is 2.77. The lowest BCUT2D eigenvalue weighted by atomic mass is 10.0. The van der Waals surface area contributed by atoms with Gasteiger partial charge in [0.05, 0.1) is 17.4 Å². The Balaban J connectivity index is 1.63. The van der Waals surface area contributed by atoms with Crippen molar-refractivity contribution >= 4 is 0 Å². The Bertz CT molecular complexity index is 698. The molecule has 1 fully saturated rings. The fraction of sp³-hybridized carbons (Fsp3) is 0.471. The first-order valence-corrected chi connectivity index (χ1v) is 7.88. The van der Waals surface area contributed by atoms with Gasteiger partial charge in [-0.3, -0.25) is 10.00 Å². The highest BCUT2D eigenvalue weighted by Gasteiger charge is 2.33. The second-order valence-corrected chi connectivity index (χ2v) is 6.47. The molecule has 0 aliphatic carbocycles. The van der Waals surface area contributed by atoms with E-state index in [1.807, 2.05) is 17.9 Å². The van der Waals surface area contributed by atoms with Gasteiger partial charge in [-0.1, -0.05) is 18.2 Å². The fourth-order valence-corrected chi connectivity index (χ4v) is 3.22. The normalized spacial score (nSPS) is 22.2. The molecule has 1 aliphatic rings. The van der Waals surface area contributed by atoms with Gasteiger partial charge in [-0.2, -0.15) is 18.3 Å². The van der Waals surface area contributed by atoms with Crippen molar-refractivity contribution < 1.29 is 18.3 Å². The zero-order chi connectivity index (χ0) is 17.3. The molecule has 2 aromatic rings. The van der Waals surface area contributed by atoms with Crippen LogP contribution in [0.3, 0.4) is 0 Å². The fourth-order valence-electron chi connectivity index (χ4n) is 3.22. The standard InChI is InChI=1S/C17H20F3N3O/c1-11-5-15(22-21-11)7-13-9-23(10-16(13)24)8-12-3-2-4-14(6-12)17(18,19)20/h2-6,13,16,24H,7-10H2,1H3,(H,21,22)/t13-,16-/m1/s1. The number of rotatable bonds is 4. The van der Waals surface area contributed by atoms with Crippen LogP contribution in [0.1, 0.15) is 22.5 Å². The lowest BCUT2D eigenvalue weighted by molar-refractivity contribution is -0.137. The number of hydrogen-bond acceptors (Lipinski definition) is 3. The van der Waals surface area contributed by atoms with Crippen LogP contribution >= 0.6 is 0 Å². The summed E-state index contributed by atoms with van der Waals surface area (Å²) in [6.07, 6.45) is -4.17. The second-order valence-electron chi connectivity index (χ2n) is 6.47. The minimum atomic E-state index is -4.33. The van der Waals surface area contributed by atoms with E-state index in [1.165, 1.54) is 12.1 Å². The smallest absolute Gasteiger partial charge is 0.391 e. The number of aryl methyl sites for hydroxylation is 1. The van der Waals surface area contributed by atoms with E-state index in [0.717, 1.165) is 17.5 Å². The molecular formula is C17H20F3N3O. The zero-order valence-corrected chi connectivity index (χ0v) is 13.3. The quantitative estimate of drug-likeness (QED) is 0.901. The molecule has 0 amide bonds. The number of β-amino-alcohol motifs (C(OH)–C–C–N with tert-alkyl or cyclic N) is 1. The van der Waals surface area contributed by atoms with Crippen LogP contribution in [-0.4, -0.2) is 39.4 Å². The summed E-state index contributed by atoms with van der Waals surface area (Å²) in [5.41, 5.74) is 1.84. The summed E-state index contributed by atoms with van der Waals surface area (Å²) in [4.78, 5) is 1.99. The third-order valence-electron chi connectivity index (χ3n) is 4.37. The van der Waals surface area contributed by atoms with Gasteiger partial charge >= 0.3 is 6.18 Å². The van der Waals surface area contributed by atoms with E-state index in [0.29, 0.717) is 31.6 Å². The topological polar surface area (TPSA) is 52.1 Å². The number of H-pyrrole nitrogens is 1. The maximum absolute atomic E-state index is 12.8. The summed E-state index contributed by atoms with van der Waals surface area (Å²) in [7, 11) is 0. The van der Waals surface area contributed by atoms with Gasteiger partial charge in [0.15, 0.2) is 0 Å². The largest absolute Gasteiger partial charge is 0.416 e. The molecule has 7 heteroatoms. The summed E-state index contributed by atoms with van der Waals surface area (Å²) in [5, 5.41) is 17.3. The molecule has 3 rings (SSSR count). The van der Waals surface area contributed by atoms with Gasteiger partial charge in [-0.15, -0.1) is 0 Å². The van der Waals surface area contributed by atoms with E-state index in [4.69, 9.17) is 0 Å². The Morgan fingerprint density at radius 2 is 2.08 bits per heavy atom. The third-order valence-corrected chi connectivity index (χ3v) is 4.37. The molecule has 0 saturated carbocycles. The van der Waals surface area contributed by atoms with Gasteiger partial charge in [0.2, 0.25) is 0 Å². The Hall–Kier alpha value is -1.86. The van der Waals surface area contributed by atoms with Crippen molar-refractivity contribution in [1.29, 1.82) is 0 Å². The van der Waals surface area contributed by atoms with Gasteiger partial charge in [-0.05, 0) is 31.0 Å². The third kappa shape index (κ3) is 3.96. The van der Waals surface area contributed by atoms with Crippen LogP contribution in [0.15, 0.2) is 30.3 Å². The molecule has 4 nitrogen and oxygen atoms in total. The average Bonchev–Trinajstić information content (AvgIpc) is 3.05. The monoisotopic (exact) mass is 339 g/mol. The van der Waals surface area contributed by atoms with Crippen molar-refractivity contribution in [3.63, 3.8) is 0 Å². The first kappa shape index (κ1) is 17.0. The highest BCUT2D eigenvalue weighted by molar-refractivity contribution is 5.25.